The molecule has 2 aromatic carbocycles. The van der Waals surface area contributed by atoms with E-state index in [0.717, 1.165) is 0 Å². The highest BCUT2D eigenvalue weighted by molar-refractivity contribution is 5.73. The number of rotatable bonds is 7. The van der Waals surface area contributed by atoms with Crippen LogP contribution in [0.15, 0.2) is 72.4 Å². The first-order valence-electron chi connectivity index (χ1n) is 14.5. The molecule has 2 aromatic heterocycles. The number of likely N-dealkylation sites (tertiary alicyclic amines) is 1. The molecule has 0 N–H and O–H groups in total. The van der Waals surface area contributed by atoms with Gasteiger partial charge in [-0.15, -0.1) is 4.91 Å². The van der Waals surface area contributed by atoms with Gasteiger partial charge >= 0.3 is 18.4 Å². The van der Waals surface area contributed by atoms with E-state index < -0.39 is 47.7 Å². The van der Waals surface area contributed by atoms with Crippen molar-refractivity contribution in [2.75, 3.05) is 11.4 Å². The zero-order valence-corrected chi connectivity index (χ0v) is 25.0. The van der Waals surface area contributed by atoms with Gasteiger partial charge in [0.05, 0.1) is 28.9 Å². The molecule has 10 nitrogen and oxygen atoms in total. The van der Waals surface area contributed by atoms with E-state index >= 15 is 0 Å². The van der Waals surface area contributed by atoms with Crippen molar-refractivity contribution in [1.82, 2.24) is 24.6 Å². The van der Waals surface area contributed by atoms with Gasteiger partial charge in [0.1, 0.15) is 11.4 Å². The average molecular weight is 660 g/mol. The van der Waals surface area contributed by atoms with E-state index in [-0.39, 0.29) is 41.5 Å². The number of ether oxygens (including phenoxy) is 1. The fourth-order valence-corrected chi connectivity index (χ4v) is 6.16. The number of nitroso groups, excluding NO2 is 1. The van der Waals surface area contributed by atoms with Gasteiger partial charge in [-0.05, 0) is 72.0 Å². The largest absolute Gasteiger partial charge is 0.416 e. The number of halogens is 6. The number of carbonyl (C=O) groups excluding carboxylic acids is 1. The minimum atomic E-state index is -5.02. The van der Waals surface area contributed by atoms with Gasteiger partial charge in [0.2, 0.25) is 5.95 Å². The normalized spacial score (nSPS) is 20.8. The maximum atomic E-state index is 13.7. The fourth-order valence-electron chi connectivity index (χ4n) is 6.16. The fraction of sp³-hybridized carbons (Fsp3) is 0.355. The summed E-state index contributed by atoms with van der Waals surface area (Å²) in [5, 5.41) is 6.94. The van der Waals surface area contributed by atoms with Crippen LogP contribution >= 0.6 is 0 Å². The number of nitrogens with zero attached hydrogens (tertiary/aromatic N) is 7. The number of anilines is 1. The lowest BCUT2D eigenvalue weighted by molar-refractivity contribution is -0.143. The first-order chi connectivity index (χ1) is 22.2. The second-order valence-electron chi connectivity index (χ2n) is 11.8. The predicted molar refractivity (Wildman–Crippen MR) is 156 cm³/mol. The molecular formula is C31H27F6N7O3. The van der Waals surface area contributed by atoms with Crippen molar-refractivity contribution in [1.29, 1.82) is 0 Å². The molecule has 4 aromatic rings. The van der Waals surface area contributed by atoms with Crippen LogP contribution in [0.2, 0.25) is 0 Å². The molecule has 246 valence electrons. The third-order valence-corrected chi connectivity index (χ3v) is 8.68. The number of hydrogen-bond donors (Lipinski definition) is 0. The highest BCUT2D eigenvalue weighted by Gasteiger charge is 2.63. The number of alkyl halides is 6. The van der Waals surface area contributed by atoms with Gasteiger partial charge in [-0.25, -0.2) is 14.8 Å². The Morgan fingerprint density at radius 3 is 2.11 bits per heavy atom. The summed E-state index contributed by atoms with van der Waals surface area (Å²) in [6.45, 7) is 1.58. The lowest BCUT2D eigenvalue weighted by Crippen LogP contribution is -2.42. The van der Waals surface area contributed by atoms with Crippen molar-refractivity contribution >= 4 is 17.7 Å². The van der Waals surface area contributed by atoms with Crippen molar-refractivity contribution in [3.63, 3.8) is 0 Å². The minimum Gasteiger partial charge on any atom is -0.410 e. The van der Waals surface area contributed by atoms with Crippen LogP contribution < -0.4 is 9.64 Å². The highest BCUT2D eigenvalue weighted by Crippen LogP contribution is 2.56. The quantitative estimate of drug-likeness (QED) is 0.151. The summed E-state index contributed by atoms with van der Waals surface area (Å²) in [5.74, 6) is 0.274. The molecule has 1 amide bonds. The predicted octanol–water partition coefficient (Wildman–Crippen LogP) is 7.37. The Kier molecular flexibility index (Phi) is 7.92. The zero-order chi connectivity index (χ0) is 33.7. The van der Waals surface area contributed by atoms with E-state index in [1.807, 2.05) is 6.92 Å². The zero-order valence-electron chi connectivity index (χ0n) is 25.0. The number of aryl methyl sites for hydroxylation is 1. The van der Waals surface area contributed by atoms with E-state index in [9.17, 15) is 36.0 Å². The van der Waals surface area contributed by atoms with Crippen molar-refractivity contribution in [3.05, 3.63) is 88.8 Å². The molecule has 6 rings (SSSR count). The van der Waals surface area contributed by atoms with E-state index in [0.29, 0.717) is 36.1 Å². The van der Waals surface area contributed by atoms with Crippen molar-refractivity contribution < 1.29 is 35.9 Å². The summed E-state index contributed by atoms with van der Waals surface area (Å²) in [6, 6.07) is 6.46. The lowest BCUT2D eigenvalue weighted by atomic mass is 10.0. The Morgan fingerprint density at radius 1 is 0.979 bits per heavy atom. The van der Waals surface area contributed by atoms with Gasteiger partial charge in [-0.2, -0.15) is 31.4 Å². The van der Waals surface area contributed by atoms with Crippen LogP contribution in [0.4, 0.5) is 42.8 Å². The lowest BCUT2D eigenvalue weighted by Gasteiger charge is -2.29. The molecular weight excluding hydrogens is 632 g/mol. The summed E-state index contributed by atoms with van der Waals surface area (Å²) in [4.78, 5) is 36.2. The van der Waals surface area contributed by atoms with Crippen LogP contribution in [0.1, 0.15) is 36.5 Å². The summed E-state index contributed by atoms with van der Waals surface area (Å²) in [7, 11) is 1.73. The molecule has 1 aliphatic carbocycles. The van der Waals surface area contributed by atoms with Crippen LogP contribution in [0.5, 0.6) is 5.75 Å². The topological polar surface area (TPSA) is 106 Å². The molecule has 1 saturated heterocycles. The van der Waals surface area contributed by atoms with Crippen molar-refractivity contribution in [2.45, 2.75) is 50.2 Å². The Balaban J connectivity index is 1.35. The first-order valence-corrected chi connectivity index (χ1v) is 14.5. The Labute approximate surface area is 263 Å². The molecule has 0 bridgehead atoms. The van der Waals surface area contributed by atoms with E-state index in [2.05, 4.69) is 20.2 Å². The van der Waals surface area contributed by atoms with Gasteiger partial charge in [-0.1, -0.05) is 6.92 Å². The molecule has 3 heterocycles. The molecule has 2 fully saturated rings. The third kappa shape index (κ3) is 6.49. The monoisotopic (exact) mass is 659 g/mol. The summed E-state index contributed by atoms with van der Waals surface area (Å²) in [6.07, 6.45) is -3.46. The van der Waals surface area contributed by atoms with Crippen molar-refractivity contribution in [2.24, 2.45) is 18.1 Å². The van der Waals surface area contributed by atoms with Gasteiger partial charge in [0, 0.05) is 49.9 Å². The number of hydrogen-bond acceptors (Lipinski definition) is 8. The maximum absolute atomic E-state index is 13.7. The first kappa shape index (κ1) is 31.9. The highest BCUT2D eigenvalue weighted by atomic mass is 19.4. The van der Waals surface area contributed by atoms with Gasteiger partial charge in [-0.3, -0.25) is 9.58 Å². The molecule has 1 saturated carbocycles. The SMILES string of the molecule is C[C@@H]1CC12C[C@H](N(Cc1cc(C(F)(F)F)cc(C(F)(F)F)c1)c1ncc(-c3cnn(C)c3)cn1)CN2C(=O)Oc1ccc(N=O)cc1. The summed E-state index contributed by atoms with van der Waals surface area (Å²) in [5.41, 5.74) is -2.33. The number of aromatic nitrogens is 4. The van der Waals surface area contributed by atoms with Gasteiger partial charge in [0.25, 0.3) is 0 Å². The molecule has 47 heavy (non-hydrogen) atoms. The van der Waals surface area contributed by atoms with Gasteiger partial charge in [0.15, 0.2) is 0 Å². The summed E-state index contributed by atoms with van der Waals surface area (Å²) >= 11 is 0. The van der Waals surface area contributed by atoms with Crippen LogP contribution in [0, 0.1) is 10.8 Å². The van der Waals surface area contributed by atoms with Crippen molar-refractivity contribution in [3.8, 4) is 16.9 Å². The molecule has 1 aliphatic heterocycles. The molecule has 0 radical (unpaired) electrons. The second-order valence-corrected chi connectivity index (χ2v) is 11.8. The molecule has 1 unspecified atom stereocenters. The molecule has 1 spiro atoms. The standard InChI is InChI=1S/C31H27F6N7O3/c1-18-10-29(18)11-25(17-44(29)28(45)47-26-5-3-24(41-46)4-6-26)43(27-38-12-20(13-39-27)21-14-40-42(2)16-21)15-19-7-22(30(32,33)34)9-23(8-19)31(35,36)37/h3-9,12-14,16,18,25H,10-11,15,17H2,1-2H3/t18-,25+,29?/m1/s1. The number of benzene rings is 2. The number of amides is 1. The van der Waals surface area contributed by atoms with Gasteiger partial charge < -0.3 is 9.64 Å². The molecule has 16 heteroatoms. The molecule has 2 aliphatic rings. The third-order valence-electron chi connectivity index (χ3n) is 8.68. The van der Waals surface area contributed by atoms with Crippen LogP contribution in [0.25, 0.3) is 11.1 Å². The Morgan fingerprint density at radius 2 is 1.60 bits per heavy atom. The maximum Gasteiger partial charge on any atom is 0.416 e. The van der Waals surface area contributed by atoms with Crippen LogP contribution in [-0.4, -0.2) is 48.9 Å². The van der Waals surface area contributed by atoms with E-state index in [1.54, 1.807) is 29.0 Å². The van der Waals surface area contributed by atoms with E-state index in [4.69, 9.17) is 4.74 Å². The van der Waals surface area contributed by atoms with Crippen LogP contribution in [0.3, 0.4) is 0 Å². The van der Waals surface area contributed by atoms with E-state index in [1.165, 1.54) is 41.6 Å². The molecule has 3 atom stereocenters. The summed E-state index contributed by atoms with van der Waals surface area (Å²) < 4.78 is 89.5. The number of carbonyl (C=O) groups is 1. The smallest absolute Gasteiger partial charge is 0.410 e. The average Bonchev–Trinajstić information content (AvgIpc) is 3.30. The Hall–Kier alpha value is -5.02. The second kappa shape index (κ2) is 11.7. The Bertz CT molecular complexity index is 1760. The minimum absolute atomic E-state index is 0.0377. The van der Waals surface area contributed by atoms with Crippen LogP contribution in [-0.2, 0) is 25.9 Å².